The van der Waals surface area contributed by atoms with Crippen molar-refractivity contribution >= 4 is 5.96 Å². The molecule has 0 unspecified atom stereocenters. The summed E-state index contributed by atoms with van der Waals surface area (Å²) in [6.07, 6.45) is 0. The van der Waals surface area contributed by atoms with Gasteiger partial charge in [0.1, 0.15) is 5.75 Å². The lowest BCUT2D eigenvalue weighted by Crippen LogP contribution is -2.38. The zero-order valence-electron chi connectivity index (χ0n) is 12.0. The predicted molar refractivity (Wildman–Crippen MR) is 76.1 cm³/mol. The van der Waals surface area contributed by atoms with Crippen molar-refractivity contribution in [3.8, 4) is 5.75 Å². The molecular weight excluding hydrogens is 264 g/mol. The highest BCUT2D eigenvalue weighted by molar-refractivity contribution is 5.79. The van der Waals surface area contributed by atoms with Crippen molar-refractivity contribution in [3.05, 3.63) is 29.8 Å². The highest BCUT2D eigenvalue weighted by atomic mass is 19.3. The number of hydrogen-bond donors (Lipinski definition) is 2. The number of nitrogens with zero attached hydrogens (tertiary/aromatic N) is 1. The van der Waals surface area contributed by atoms with Crippen LogP contribution in [0.4, 0.5) is 8.78 Å². The lowest BCUT2D eigenvalue weighted by Gasteiger charge is -2.15. The van der Waals surface area contributed by atoms with Crippen molar-refractivity contribution in [1.82, 2.24) is 10.6 Å². The van der Waals surface area contributed by atoms with Gasteiger partial charge in [0.25, 0.3) is 0 Å². The number of alkyl halides is 2. The Labute approximate surface area is 118 Å². The zero-order valence-corrected chi connectivity index (χ0v) is 12.0. The highest BCUT2D eigenvalue weighted by Crippen LogP contribution is 2.19. The Kier molecular flexibility index (Phi) is 6.76. The Balaban J connectivity index is 2.59. The van der Waals surface area contributed by atoms with Crippen LogP contribution in [0.25, 0.3) is 0 Å². The largest absolute Gasteiger partial charge is 0.434 e. The molecule has 0 atom stereocenters. The molecule has 1 rings (SSSR count). The van der Waals surface area contributed by atoms with Gasteiger partial charge in [-0.1, -0.05) is 32.0 Å². The molecule has 0 saturated heterocycles. The Morgan fingerprint density at radius 3 is 2.55 bits per heavy atom. The van der Waals surface area contributed by atoms with Crippen LogP contribution in [0.2, 0.25) is 0 Å². The summed E-state index contributed by atoms with van der Waals surface area (Å²) in [7, 11) is 1.66. The summed E-state index contributed by atoms with van der Waals surface area (Å²) < 4.78 is 29.1. The number of ether oxygens (including phenoxy) is 1. The molecule has 0 bridgehead atoms. The second-order valence-electron chi connectivity index (χ2n) is 4.69. The van der Waals surface area contributed by atoms with Gasteiger partial charge in [-0.05, 0) is 12.0 Å². The zero-order chi connectivity index (χ0) is 15.0. The molecule has 2 N–H and O–H groups in total. The number of para-hydroxylation sites is 1. The number of rotatable bonds is 6. The van der Waals surface area contributed by atoms with E-state index in [1.54, 1.807) is 25.2 Å². The summed E-state index contributed by atoms with van der Waals surface area (Å²) in [6.45, 7) is 2.50. The van der Waals surface area contributed by atoms with E-state index in [0.717, 1.165) is 6.54 Å². The third kappa shape index (κ3) is 5.86. The maximum atomic E-state index is 12.3. The third-order valence-electron chi connectivity index (χ3n) is 2.54. The third-order valence-corrected chi connectivity index (χ3v) is 2.54. The van der Waals surface area contributed by atoms with Gasteiger partial charge >= 0.3 is 6.61 Å². The Hall–Kier alpha value is -1.85. The van der Waals surface area contributed by atoms with Crippen molar-refractivity contribution < 1.29 is 13.5 Å². The molecule has 0 aromatic heterocycles. The van der Waals surface area contributed by atoms with Crippen LogP contribution < -0.4 is 15.4 Å². The fourth-order valence-corrected chi connectivity index (χ4v) is 1.56. The molecule has 0 fully saturated rings. The number of benzene rings is 1. The van der Waals surface area contributed by atoms with Crippen LogP contribution in [0.1, 0.15) is 19.4 Å². The van der Waals surface area contributed by atoms with E-state index >= 15 is 0 Å². The van der Waals surface area contributed by atoms with Crippen molar-refractivity contribution in [2.75, 3.05) is 13.6 Å². The van der Waals surface area contributed by atoms with Gasteiger partial charge in [-0.25, -0.2) is 0 Å². The molecule has 1 aromatic carbocycles. The number of hydrogen-bond acceptors (Lipinski definition) is 2. The summed E-state index contributed by atoms with van der Waals surface area (Å²) >= 11 is 0. The smallest absolute Gasteiger partial charge is 0.387 e. The molecule has 0 aliphatic carbocycles. The second-order valence-corrected chi connectivity index (χ2v) is 4.69. The first-order valence-corrected chi connectivity index (χ1v) is 6.50. The standard InChI is InChI=1S/C14H21F2N3O/c1-10(2)8-18-14(17-3)19-9-11-6-4-5-7-12(11)20-13(15)16/h4-7,10,13H,8-9H2,1-3H3,(H2,17,18,19). The monoisotopic (exact) mass is 285 g/mol. The van der Waals surface area contributed by atoms with Gasteiger partial charge in [0, 0.05) is 25.7 Å². The quantitative estimate of drug-likeness (QED) is 0.624. The molecule has 6 heteroatoms. The molecular formula is C14H21F2N3O. The Bertz CT molecular complexity index is 436. The molecule has 0 aliphatic rings. The summed E-state index contributed by atoms with van der Waals surface area (Å²) in [5.41, 5.74) is 0.653. The molecule has 1 aromatic rings. The molecule has 20 heavy (non-hydrogen) atoms. The Morgan fingerprint density at radius 1 is 1.25 bits per heavy atom. The molecule has 0 aliphatic heterocycles. The van der Waals surface area contributed by atoms with Gasteiger partial charge in [-0.15, -0.1) is 0 Å². The summed E-state index contributed by atoms with van der Waals surface area (Å²) in [6, 6.07) is 6.70. The van der Waals surface area contributed by atoms with Gasteiger partial charge in [-0.3, -0.25) is 4.99 Å². The van der Waals surface area contributed by atoms with Crippen molar-refractivity contribution in [2.45, 2.75) is 27.0 Å². The van der Waals surface area contributed by atoms with E-state index in [0.29, 0.717) is 24.0 Å². The number of halogens is 2. The minimum absolute atomic E-state index is 0.175. The van der Waals surface area contributed by atoms with Crippen LogP contribution in [0.15, 0.2) is 29.3 Å². The van der Waals surface area contributed by atoms with E-state index in [4.69, 9.17) is 0 Å². The normalized spacial score (nSPS) is 11.8. The molecule has 112 valence electrons. The molecule has 0 saturated carbocycles. The average Bonchev–Trinajstić information content (AvgIpc) is 2.39. The van der Waals surface area contributed by atoms with Crippen LogP contribution in [-0.2, 0) is 6.54 Å². The van der Waals surface area contributed by atoms with Gasteiger partial charge in [-0.2, -0.15) is 8.78 Å². The topological polar surface area (TPSA) is 45.7 Å². The van der Waals surface area contributed by atoms with Crippen molar-refractivity contribution in [2.24, 2.45) is 10.9 Å². The second kappa shape index (κ2) is 8.35. The minimum atomic E-state index is -2.82. The number of guanidine groups is 1. The van der Waals surface area contributed by atoms with Crippen molar-refractivity contribution in [3.63, 3.8) is 0 Å². The predicted octanol–water partition coefficient (Wildman–Crippen LogP) is 2.61. The molecule has 0 radical (unpaired) electrons. The maximum absolute atomic E-state index is 12.3. The summed E-state index contributed by atoms with van der Waals surface area (Å²) in [4.78, 5) is 4.07. The minimum Gasteiger partial charge on any atom is -0.434 e. The average molecular weight is 285 g/mol. The SMILES string of the molecule is CN=C(NCc1ccccc1OC(F)F)NCC(C)C. The molecule has 0 amide bonds. The van der Waals surface area contributed by atoms with Crippen LogP contribution in [0.5, 0.6) is 5.75 Å². The van der Waals surface area contributed by atoms with E-state index in [1.165, 1.54) is 6.07 Å². The highest BCUT2D eigenvalue weighted by Gasteiger charge is 2.09. The van der Waals surface area contributed by atoms with E-state index in [2.05, 4.69) is 34.2 Å². The first kappa shape index (κ1) is 16.2. The number of nitrogens with one attached hydrogen (secondary N) is 2. The van der Waals surface area contributed by atoms with Crippen LogP contribution >= 0.6 is 0 Å². The van der Waals surface area contributed by atoms with Crippen molar-refractivity contribution in [1.29, 1.82) is 0 Å². The number of aliphatic imine (C=N–C) groups is 1. The van der Waals surface area contributed by atoms with Gasteiger partial charge in [0.15, 0.2) is 5.96 Å². The fourth-order valence-electron chi connectivity index (χ4n) is 1.56. The van der Waals surface area contributed by atoms with Crippen LogP contribution in [0.3, 0.4) is 0 Å². The molecule has 0 heterocycles. The fraction of sp³-hybridized carbons (Fsp3) is 0.500. The summed E-state index contributed by atoms with van der Waals surface area (Å²) in [5.74, 6) is 1.29. The lowest BCUT2D eigenvalue weighted by molar-refractivity contribution is -0.0504. The Morgan fingerprint density at radius 2 is 1.95 bits per heavy atom. The van der Waals surface area contributed by atoms with Gasteiger partial charge < -0.3 is 15.4 Å². The van der Waals surface area contributed by atoms with E-state index in [9.17, 15) is 8.78 Å². The molecule has 0 spiro atoms. The molecule has 4 nitrogen and oxygen atoms in total. The van der Waals surface area contributed by atoms with Crippen LogP contribution in [-0.4, -0.2) is 26.2 Å². The van der Waals surface area contributed by atoms with Gasteiger partial charge in [0.05, 0.1) is 0 Å². The maximum Gasteiger partial charge on any atom is 0.387 e. The first-order chi connectivity index (χ1) is 9.52. The lowest BCUT2D eigenvalue weighted by atomic mass is 10.2. The van der Waals surface area contributed by atoms with E-state index in [1.807, 2.05) is 0 Å². The van der Waals surface area contributed by atoms with Gasteiger partial charge in [0.2, 0.25) is 0 Å². The first-order valence-electron chi connectivity index (χ1n) is 6.50. The van der Waals surface area contributed by atoms with E-state index < -0.39 is 6.61 Å². The summed E-state index contributed by atoms with van der Waals surface area (Å²) in [5, 5.41) is 6.22. The van der Waals surface area contributed by atoms with E-state index in [-0.39, 0.29) is 5.75 Å². The van der Waals surface area contributed by atoms with Crippen LogP contribution in [0, 0.1) is 5.92 Å².